The van der Waals surface area contributed by atoms with E-state index in [1.54, 1.807) is 7.11 Å². The van der Waals surface area contributed by atoms with E-state index >= 15 is 0 Å². The van der Waals surface area contributed by atoms with Crippen molar-refractivity contribution in [1.82, 2.24) is 5.32 Å². The Morgan fingerprint density at radius 2 is 2.05 bits per heavy atom. The molecule has 1 aliphatic rings. The number of aliphatic hydroxyl groups excluding tert-OH is 1. The Morgan fingerprint density at radius 1 is 1.32 bits per heavy atom. The van der Waals surface area contributed by atoms with Crippen molar-refractivity contribution in [3.05, 3.63) is 35.4 Å². The van der Waals surface area contributed by atoms with Crippen LogP contribution in [0.1, 0.15) is 49.3 Å². The summed E-state index contributed by atoms with van der Waals surface area (Å²) in [6.45, 7) is 3.55. The van der Waals surface area contributed by atoms with Crippen LogP contribution in [0.15, 0.2) is 24.3 Å². The van der Waals surface area contributed by atoms with Crippen LogP contribution in [-0.4, -0.2) is 31.5 Å². The van der Waals surface area contributed by atoms with Crippen molar-refractivity contribution >= 4 is 0 Å². The fourth-order valence-electron chi connectivity index (χ4n) is 2.92. The third kappa shape index (κ3) is 3.78. The topological polar surface area (TPSA) is 41.5 Å². The first-order valence-electron chi connectivity index (χ1n) is 7.21. The molecule has 3 atom stereocenters. The molecule has 1 aliphatic carbocycles. The second kappa shape index (κ2) is 7.04. The molecule has 3 heteroatoms. The molecule has 2 N–H and O–H groups in total. The Balaban J connectivity index is 1.90. The molecule has 3 nitrogen and oxygen atoms in total. The summed E-state index contributed by atoms with van der Waals surface area (Å²) in [4.78, 5) is 0. The van der Waals surface area contributed by atoms with Crippen LogP contribution in [0.2, 0.25) is 0 Å². The van der Waals surface area contributed by atoms with E-state index in [0.29, 0.717) is 18.6 Å². The van der Waals surface area contributed by atoms with Gasteiger partial charge in [-0.15, -0.1) is 0 Å². The summed E-state index contributed by atoms with van der Waals surface area (Å²) in [5.74, 6) is 0.660. The van der Waals surface area contributed by atoms with Crippen molar-refractivity contribution in [2.45, 2.75) is 44.2 Å². The summed E-state index contributed by atoms with van der Waals surface area (Å²) < 4.78 is 4.94. The van der Waals surface area contributed by atoms with E-state index in [1.165, 1.54) is 24.0 Å². The molecular formula is C16H25NO2. The normalized spacial score (nSPS) is 23.9. The first kappa shape index (κ1) is 14.5. The number of hydrogen-bond donors (Lipinski definition) is 2. The molecule has 0 heterocycles. The molecule has 0 amide bonds. The zero-order valence-electron chi connectivity index (χ0n) is 11.9. The highest BCUT2D eigenvalue weighted by atomic mass is 16.5. The maximum absolute atomic E-state index is 9.65. The average Bonchev–Trinajstić information content (AvgIpc) is 2.42. The second-order valence-electron chi connectivity index (χ2n) is 5.51. The fourth-order valence-corrected chi connectivity index (χ4v) is 2.92. The molecule has 0 aromatic heterocycles. The molecule has 3 unspecified atom stereocenters. The minimum absolute atomic E-state index is 0.366. The number of ether oxygens (including phenoxy) is 1. The lowest BCUT2D eigenvalue weighted by molar-refractivity contribution is 0.0588. The van der Waals surface area contributed by atoms with Gasteiger partial charge in [0.15, 0.2) is 0 Å². The van der Waals surface area contributed by atoms with Crippen LogP contribution in [0.3, 0.4) is 0 Å². The van der Waals surface area contributed by atoms with Crippen LogP contribution in [0.5, 0.6) is 0 Å². The van der Waals surface area contributed by atoms with Crippen molar-refractivity contribution in [3.63, 3.8) is 0 Å². The van der Waals surface area contributed by atoms with Crippen LogP contribution < -0.4 is 5.32 Å². The number of hydrogen-bond acceptors (Lipinski definition) is 3. The van der Waals surface area contributed by atoms with Crippen LogP contribution in [0, 0.1) is 0 Å². The van der Waals surface area contributed by atoms with Gasteiger partial charge in [0, 0.05) is 13.2 Å². The van der Waals surface area contributed by atoms with Gasteiger partial charge < -0.3 is 15.2 Å². The minimum atomic E-state index is -0.366. The molecule has 106 valence electrons. The Hall–Kier alpha value is -0.900. The highest BCUT2D eigenvalue weighted by molar-refractivity contribution is 5.34. The van der Waals surface area contributed by atoms with Gasteiger partial charge in [-0.25, -0.2) is 0 Å². The van der Waals surface area contributed by atoms with E-state index in [9.17, 15) is 5.11 Å². The van der Waals surface area contributed by atoms with Gasteiger partial charge >= 0.3 is 0 Å². The Bertz CT molecular complexity index is 394. The number of benzene rings is 1. The Labute approximate surface area is 116 Å². The van der Waals surface area contributed by atoms with Crippen LogP contribution in [0.4, 0.5) is 0 Å². The number of rotatable bonds is 6. The summed E-state index contributed by atoms with van der Waals surface area (Å²) in [7, 11) is 1.62. The molecule has 0 fully saturated rings. The maximum Gasteiger partial charge on any atom is 0.0785 e. The van der Waals surface area contributed by atoms with Crippen molar-refractivity contribution in [1.29, 1.82) is 0 Å². The number of methoxy groups -OCH3 is 1. The van der Waals surface area contributed by atoms with Crippen molar-refractivity contribution < 1.29 is 9.84 Å². The first-order valence-corrected chi connectivity index (χ1v) is 7.21. The molecular weight excluding hydrogens is 238 g/mol. The standard InChI is InChI=1S/C16H25NO2/c1-12-7-8-16(15-6-4-3-5-14(12)15)17-10-9-13(18)11-19-2/h3-6,12-13,16-18H,7-11H2,1-2H3. The molecule has 1 aromatic carbocycles. The summed E-state index contributed by atoms with van der Waals surface area (Å²) in [6.07, 6.45) is 2.78. The van der Waals surface area contributed by atoms with E-state index in [4.69, 9.17) is 4.74 Å². The molecule has 0 radical (unpaired) electrons. The molecule has 0 spiro atoms. The second-order valence-corrected chi connectivity index (χ2v) is 5.51. The third-order valence-electron chi connectivity index (χ3n) is 4.02. The van der Waals surface area contributed by atoms with Crippen molar-refractivity contribution in [2.24, 2.45) is 0 Å². The van der Waals surface area contributed by atoms with E-state index < -0.39 is 0 Å². The van der Waals surface area contributed by atoms with E-state index in [0.717, 1.165) is 13.0 Å². The fraction of sp³-hybridized carbons (Fsp3) is 0.625. The molecule has 0 saturated carbocycles. The Morgan fingerprint density at radius 3 is 2.79 bits per heavy atom. The van der Waals surface area contributed by atoms with Gasteiger partial charge in [-0.1, -0.05) is 31.2 Å². The molecule has 0 bridgehead atoms. The van der Waals surface area contributed by atoms with Crippen LogP contribution >= 0.6 is 0 Å². The molecule has 0 saturated heterocycles. The SMILES string of the molecule is COCC(O)CCNC1CCC(C)c2ccccc21. The quantitative estimate of drug-likeness (QED) is 0.829. The lowest BCUT2D eigenvalue weighted by Crippen LogP contribution is -2.29. The van der Waals surface area contributed by atoms with E-state index in [-0.39, 0.29) is 6.10 Å². The zero-order chi connectivity index (χ0) is 13.7. The monoisotopic (exact) mass is 263 g/mol. The van der Waals surface area contributed by atoms with Crippen molar-refractivity contribution in [3.8, 4) is 0 Å². The zero-order valence-corrected chi connectivity index (χ0v) is 11.9. The smallest absolute Gasteiger partial charge is 0.0785 e. The minimum Gasteiger partial charge on any atom is -0.391 e. The predicted molar refractivity (Wildman–Crippen MR) is 77.3 cm³/mol. The summed E-state index contributed by atoms with van der Waals surface area (Å²) in [5.41, 5.74) is 2.91. The number of fused-ring (bicyclic) bond motifs is 1. The predicted octanol–water partition coefficient (Wildman–Crippen LogP) is 2.61. The summed E-state index contributed by atoms with van der Waals surface area (Å²) >= 11 is 0. The van der Waals surface area contributed by atoms with Gasteiger partial charge in [0.05, 0.1) is 12.7 Å². The van der Waals surface area contributed by atoms with Crippen LogP contribution in [-0.2, 0) is 4.74 Å². The van der Waals surface area contributed by atoms with Gasteiger partial charge in [-0.2, -0.15) is 0 Å². The third-order valence-corrected chi connectivity index (χ3v) is 4.02. The Kier molecular flexibility index (Phi) is 5.37. The van der Waals surface area contributed by atoms with Crippen LogP contribution in [0.25, 0.3) is 0 Å². The average molecular weight is 263 g/mol. The van der Waals surface area contributed by atoms with Crippen molar-refractivity contribution in [2.75, 3.05) is 20.3 Å². The van der Waals surface area contributed by atoms with Gasteiger partial charge in [0.25, 0.3) is 0 Å². The van der Waals surface area contributed by atoms with E-state index in [1.807, 2.05) is 0 Å². The van der Waals surface area contributed by atoms with Gasteiger partial charge in [0.1, 0.15) is 0 Å². The number of aliphatic hydroxyl groups is 1. The lowest BCUT2D eigenvalue weighted by atomic mass is 9.81. The molecule has 1 aromatic rings. The van der Waals surface area contributed by atoms with Gasteiger partial charge in [-0.05, 0) is 42.9 Å². The molecule has 2 rings (SSSR count). The lowest BCUT2D eigenvalue weighted by Gasteiger charge is -2.30. The highest BCUT2D eigenvalue weighted by Gasteiger charge is 2.23. The maximum atomic E-state index is 9.65. The highest BCUT2D eigenvalue weighted by Crippen LogP contribution is 2.36. The summed E-state index contributed by atoms with van der Waals surface area (Å²) in [6, 6.07) is 9.15. The number of nitrogens with one attached hydrogen (secondary N) is 1. The van der Waals surface area contributed by atoms with E-state index in [2.05, 4.69) is 36.5 Å². The first-order chi connectivity index (χ1) is 9.22. The van der Waals surface area contributed by atoms with Gasteiger partial charge in [0.2, 0.25) is 0 Å². The summed E-state index contributed by atoms with van der Waals surface area (Å²) in [5, 5.41) is 13.2. The van der Waals surface area contributed by atoms with Gasteiger partial charge in [-0.3, -0.25) is 0 Å². The largest absolute Gasteiger partial charge is 0.391 e. The molecule has 0 aliphatic heterocycles. The molecule has 19 heavy (non-hydrogen) atoms.